The van der Waals surface area contributed by atoms with Crippen LogP contribution in [0.1, 0.15) is 17.3 Å². The first-order chi connectivity index (χ1) is 8.40. The van der Waals surface area contributed by atoms with E-state index >= 15 is 0 Å². The van der Waals surface area contributed by atoms with E-state index in [1.54, 1.807) is 0 Å². The quantitative estimate of drug-likeness (QED) is 0.778. The Kier molecular flexibility index (Phi) is 4.85. The number of benzene rings is 1. The van der Waals surface area contributed by atoms with E-state index in [1.807, 2.05) is 0 Å². The number of carboxylic acid groups (broad SMARTS) is 1. The van der Waals surface area contributed by atoms with Crippen molar-refractivity contribution in [2.75, 3.05) is 11.9 Å². The molecule has 0 fully saturated rings. The highest BCUT2D eigenvalue weighted by Crippen LogP contribution is 2.23. The molecule has 0 heterocycles. The van der Waals surface area contributed by atoms with Crippen molar-refractivity contribution >= 4 is 39.4 Å². The van der Waals surface area contributed by atoms with Crippen molar-refractivity contribution in [1.82, 2.24) is 5.32 Å². The average Bonchev–Trinajstić information content (AvgIpc) is 2.29. The van der Waals surface area contributed by atoms with Crippen LogP contribution in [0, 0.1) is 0 Å². The first-order valence-corrected chi connectivity index (χ1v) is 5.76. The molecule has 0 aliphatic heterocycles. The normalized spacial score (nSPS) is 9.67. The molecule has 0 saturated carbocycles. The highest BCUT2D eigenvalue weighted by atomic mass is 79.9. The van der Waals surface area contributed by atoms with Gasteiger partial charge in [-0.1, -0.05) is 0 Å². The van der Waals surface area contributed by atoms with Crippen LogP contribution in [0.3, 0.4) is 0 Å². The summed E-state index contributed by atoms with van der Waals surface area (Å²) in [5, 5.41) is 13.7. The molecule has 3 N–H and O–H groups in total. The number of carbonyl (C=O) groups excluding carboxylic acids is 2. The Morgan fingerprint density at radius 1 is 1.33 bits per heavy atom. The molecule has 0 atom stereocenters. The van der Waals surface area contributed by atoms with Gasteiger partial charge < -0.3 is 15.7 Å². The largest absolute Gasteiger partial charge is 0.478 e. The predicted molar refractivity (Wildman–Crippen MR) is 68.4 cm³/mol. The molecule has 0 bridgehead atoms. The number of anilines is 1. The third kappa shape index (κ3) is 4.17. The molecule has 7 heteroatoms. The Labute approximate surface area is 112 Å². The molecule has 0 saturated heterocycles. The van der Waals surface area contributed by atoms with Crippen molar-refractivity contribution in [3.05, 3.63) is 28.2 Å². The van der Waals surface area contributed by atoms with Gasteiger partial charge in [-0.05, 0) is 34.1 Å². The van der Waals surface area contributed by atoms with Crippen molar-refractivity contribution in [2.24, 2.45) is 0 Å². The van der Waals surface area contributed by atoms with E-state index in [0.29, 0.717) is 10.2 Å². The minimum Gasteiger partial charge on any atom is -0.478 e. The molecule has 0 aliphatic carbocycles. The molecule has 18 heavy (non-hydrogen) atoms. The lowest BCUT2D eigenvalue weighted by atomic mass is 10.2. The van der Waals surface area contributed by atoms with Gasteiger partial charge in [0.15, 0.2) is 0 Å². The zero-order valence-corrected chi connectivity index (χ0v) is 11.1. The second-order valence-corrected chi connectivity index (χ2v) is 4.31. The van der Waals surface area contributed by atoms with Gasteiger partial charge in [0.1, 0.15) is 0 Å². The highest BCUT2D eigenvalue weighted by Gasteiger charge is 2.09. The molecule has 0 aliphatic rings. The van der Waals surface area contributed by atoms with E-state index in [1.165, 1.54) is 25.1 Å². The van der Waals surface area contributed by atoms with E-state index < -0.39 is 11.9 Å². The predicted octanol–water partition coefficient (Wildman–Crippen LogP) is 1.22. The summed E-state index contributed by atoms with van der Waals surface area (Å²) in [4.78, 5) is 32.9. The van der Waals surface area contributed by atoms with Crippen LogP contribution >= 0.6 is 15.9 Å². The Bertz CT molecular complexity index is 502. The van der Waals surface area contributed by atoms with Crippen LogP contribution in [0.2, 0.25) is 0 Å². The van der Waals surface area contributed by atoms with Crippen LogP contribution in [0.4, 0.5) is 5.69 Å². The van der Waals surface area contributed by atoms with Crippen molar-refractivity contribution < 1.29 is 19.5 Å². The van der Waals surface area contributed by atoms with Crippen LogP contribution in [0.25, 0.3) is 0 Å². The number of aromatic carboxylic acids is 1. The van der Waals surface area contributed by atoms with Crippen molar-refractivity contribution in [1.29, 1.82) is 0 Å². The van der Waals surface area contributed by atoms with Crippen LogP contribution in [0.15, 0.2) is 22.7 Å². The molecular weight excluding hydrogens is 304 g/mol. The summed E-state index contributed by atoms with van der Waals surface area (Å²) in [5.74, 6) is -1.84. The first-order valence-electron chi connectivity index (χ1n) is 4.97. The molecule has 1 aromatic rings. The van der Waals surface area contributed by atoms with Crippen LogP contribution < -0.4 is 10.6 Å². The van der Waals surface area contributed by atoms with E-state index in [2.05, 4.69) is 26.6 Å². The molecule has 0 unspecified atom stereocenters. The smallest absolute Gasteiger partial charge is 0.335 e. The maximum absolute atomic E-state index is 11.5. The second kappa shape index (κ2) is 6.15. The number of nitrogens with one attached hydrogen (secondary N) is 2. The molecule has 0 spiro atoms. The van der Waals surface area contributed by atoms with Crippen molar-refractivity contribution in [3.8, 4) is 0 Å². The molecule has 0 radical (unpaired) electrons. The Balaban J connectivity index is 2.77. The number of halogens is 1. The van der Waals surface area contributed by atoms with Crippen molar-refractivity contribution in [3.63, 3.8) is 0 Å². The maximum atomic E-state index is 11.5. The Morgan fingerprint density at radius 3 is 2.56 bits per heavy atom. The van der Waals surface area contributed by atoms with Gasteiger partial charge in [0.25, 0.3) is 0 Å². The summed E-state index contributed by atoms with van der Waals surface area (Å²) < 4.78 is 0.559. The van der Waals surface area contributed by atoms with Gasteiger partial charge in [-0.15, -0.1) is 0 Å². The van der Waals surface area contributed by atoms with Crippen LogP contribution in [0.5, 0.6) is 0 Å². The topological polar surface area (TPSA) is 95.5 Å². The second-order valence-electron chi connectivity index (χ2n) is 3.46. The van der Waals surface area contributed by atoms with Crippen LogP contribution in [-0.2, 0) is 9.59 Å². The van der Waals surface area contributed by atoms with Gasteiger partial charge in [-0.2, -0.15) is 0 Å². The molecular formula is C11H11BrN2O4. The van der Waals surface area contributed by atoms with E-state index in [9.17, 15) is 14.4 Å². The van der Waals surface area contributed by atoms with E-state index in [-0.39, 0.29) is 18.0 Å². The standard InChI is InChI=1S/C11H11BrN2O4/c1-6(15)13-5-10(16)14-9-4-7(11(17)18)2-3-8(9)12/h2-4H,5H2,1H3,(H,13,15)(H,14,16)(H,17,18). The van der Waals surface area contributed by atoms with Gasteiger partial charge in [-0.3, -0.25) is 9.59 Å². The van der Waals surface area contributed by atoms with Crippen molar-refractivity contribution in [2.45, 2.75) is 6.92 Å². The minimum atomic E-state index is -1.08. The Hall–Kier alpha value is -1.89. The number of rotatable bonds is 4. The molecule has 0 aromatic heterocycles. The summed E-state index contributed by atoms with van der Waals surface area (Å²) in [7, 11) is 0. The van der Waals surface area contributed by atoms with Gasteiger partial charge in [0, 0.05) is 11.4 Å². The van der Waals surface area contributed by atoms with Gasteiger partial charge in [-0.25, -0.2) is 4.79 Å². The van der Waals surface area contributed by atoms with Gasteiger partial charge >= 0.3 is 5.97 Å². The molecule has 2 amide bonds. The summed E-state index contributed by atoms with van der Waals surface area (Å²) in [5.41, 5.74) is 0.401. The summed E-state index contributed by atoms with van der Waals surface area (Å²) in [6.45, 7) is 1.13. The zero-order valence-electron chi connectivity index (χ0n) is 9.49. The highest BCUT2D eigenvalue weighted by molar-refractivity contribution is 9.10. The lowest BCUT2D eigenvalue weighted by Crippen LogP contribution is -2.31. The average molecular weight is 315 g/mol. The molecule has 1 aromatic carbocycles. The third-order valence-electron chi connectivity index (χ3n) is 1.99. The SMILES string of the molecule is CC(=O)NCC(=O)Nc1cc(C(=O)O)ccc1Br. The lowest BCUT2D eigenvalue weighted by Gasteiger charge is -2.08. The monoisotopic (exact) mass is 314 g/mol. The third-order valence-corrected chi connectivity index (χ3v) is 2.68. The summed E-state index contributed by atoms with van der Waals surface area (Å²) in [6, 6.07) is 4.27. The number of amides is 2. The lowest BCUT2D eigenvalue weighted by molar-refractivity contribution is -0.122. The van der Waals surface area contributed by atoms with E-state index in [4.69, 9.17) is 5.11 Å². The minimum absolute atomic E-state index is 0.0630. The fraction of sp³-hybridized carbons (Fsp3) is 0.182. The number of hydrogen-bond acceptors (Lipinski definition) is 3. The zero-order chi connectivity index (χ0) is 13.7. The maximum Gasteiger partial charge on any atom is 0.335 e. The fourth-order valence-electron chi connectivity index (χ4n) is 1.15. The number of carboxylic acids is 1. The van der Waals surface area contributed by atoms with Gasteiger partial charge in [0.2, 0.25) is 11.8 Å². The molecule has 6 nitrogen and oxygen atoms in total. The summed E-state index contributed by atoms with van der Waals surface area (Å²) >= 11 is 3.19. The molecule has 1 rings (SSSR count). The summed E-state index contributed by atoms with van der Waals surface area (Å²) in [6.07, 6.45) is 0. The van der Waals surface area contributed by atoms with E-state index in [0.717, 1.165) is 0 Å². The fourth-order valence-corrected chi connectivity index (χ4v) is 1.50. The van der Waals surface area contributed by atoms with Crippen LogP contribution in [-0.4, -0.2) is 29.4 Å². The molecule has 96 valence electrons. The number of carbonyl (C=O) groups is 3. The van der Waals surface area contributed by atoms with Gasteiger partial charge in [0.05, 0.1) is 17.8 Å². The Morgan fingerprint density at radius 2 is 2.00 bits per heavy atom. The number of hydrogen-bond donors (Lipinski definition) is 3. The first kappa shape index (κ1) is 14.2.